The van der Waals surface area contributed by atoms with Crippen LogP contribution >= 0.6 is 0 Å². The summed E-state index contributed by atoms with van der Waals surface area (Å²) in [6.45, 7) is 20.5. The molecule has 430 valence electrons. The average Bonchev–Trinajstić information content (AvgIpc) is 4.05. The Morgan fingerprint density at radius 3 is 2.25 bits per heavy atom. The number of amides is 2. The van der Waals surface area contributed by atoms with Crippen molar-refractivity contribution >= 4 is 51.1 Å². The van der Waals surface area contributed by atoms with Crippen LogP contribution < -0.4 is 26.5 Å². The lowest BCUT2D eigenvalue weighted by molar-refractivity contribution is -0.165. The fourth-order valence-electron chi connectivity index (χ4n) is 12.4. The van der Waals surface area contributed by atoms with Crippen LogP contribution in [0.1, 0.15) is 115 Å². The number of anilines is 1. The number of aromatic hydroxyl groups is 2. The number of Topliss-reactive ketones (excluding diaryl/α,β-unsaturated/α-hetero) is 1. The number of benzene rings is 3. The van der Waals surface area contributed by atoms with E-state index >= 15 is 4.79 Å². The van der Waals surface area contributed by atoms with Gasteiger partial charge in [-0.2, -0.15) is 0 Å². The molecule has 6 aliphatic heterocycles. The number of carbonyl (C=O) groups excluding carboxylic acids is 4. The molecule has 3 aromatic carbocycles. The number of methoxy groups -OCH3 is 1. The molecule has 5 bridgehead atoms. The number of piperidine rings is 2. The summed E-state index contributed by atoms with van der Waals surface area (Å²) in [4.78, 5) is 87.2. The Balaban J connectivity index is 1.03. The summed E-state index contributed by atoms with van der Waals surface area (Å²) in [6.07, 6.45) is 4.54. The van der Waals surface area contributed by atoms with Crippen LogP contribution in [0.5, 0.6) is 17.2 Å². The number of imidazole rings is 1. The van der Waals surface area contributed by atoms with E-state index in [1.807, 2.05) is 25.1 Å². The van der Waals surface area contributed by atoms with E-state index < -0.39 is 101 Å². The maximum absolute atomic E-state index is 15.0. The molecule has 80 heavy (non-hydrogen) atoms. The summed E-state index contributed by atoms with van der Waals surface area (Å²) < 4.78 is 26.5. The molecule has 0 saturated carbocycles. The van der Waals surface area contributed by atoms with Crippen molar-refractivity contribution in [3.8, 4) is 17.2 Å². The zero-order valence-electron chi connectivity index (χ0n) is 47.7. The van der Waals surface area contributed by atoms with E-state index in [0.717, 1.165) is 23.1 Å². The van der Waals surface area contributed by atoms with Crippen LogP contribution in [0, 0.1) is 43.4 Å². The van der Waals surface area contributed by atoms with Gasteiger partial charge in [-0.25, -0.2) is 4.79 Å². The van der Waals surface area contributed by atoms with E-state index in [4.69, 9.17) is 28.9 Å². The van der Waals surface area contributed by atoms with Gasteiger partial charge in [-0.15, -0.1) is 0 Å². The van der Waals surface area contributed by atoms with Gasteiger partial charge in [0.2, 0.25) is 5.91 Å². The Morgan fingerprint density at radius 2 is 1.57 bits per heavy atom. The second-order valence-electron chi connectivity index (χ2n) is 23.4. The number of phenolic OH excluding ortho intramolecular Hbond substituents is 2. The van der Waals surface area contributed by atoms with E-state index in [0.29, 0.717) is 57.8 Å². The zero-order valence-corrected chi connectivity index (χ0v) is 47.7. The first-order valence-corrected chi connectivity index (χ1v) is 28.0. The number of H-pyrrole nitrogens is 1. The number of aryl methyl sites for hydroxylation is 1. The van der Waals surface area contributed by atoms with Crippen molar-refractivity contribution in [2.24, 2.45) is 39.6 Å². The number of phenols is 2. The highest BCUT2D eigenvalue weighted by atomic mass is 16.7. The number of hydrogen-bond acceptors (Lipinski definition) is 16. The van der Waals surface area contributed by atoms with Gasteiger partial charge >= 0.3 is 17.4 Å². The standard InChI is InChI=1S/C60H77N7O13/c1-30(2)29-65-24-20-60(21-25-65)63-47-44-45-52(72)37(9)55-46(44)56(74)59(10,80-55)78-26-19-41(77-11)34(6)54(36(8)51(71)35(7)50(70)32(4)13-12-14-33(5)57(75)62-49(53(45)73)48(47)64-60)79-43(69)28-42(68)66-22-17-38(18-23-66)67-40-16-15-31(3)27-39(40)61-58(67)76/h12-16,19,26-27,30,32,34-36,38,41,50-51,54,70-73H,17-18,20-25,28-29H2,1-11H3,(H,61,76)(H,62,75)/b13-12+,26-19+,33-14-/t32?,34-,35-,36-,41+,50+,51-,54?,59?/m1/s1. The number of fused-ring (bicyclic) bond motifs is 14. The molecule has 7 heterocycles. The van der Waals surface area contributed by atoms with Crippen molar-refractivity contribution in [2.45, 2.75) is 143 Å². The number of esters is 1. The number of ether oxygens (including phenoxy) is 4. The smallest absolute Gasteiger partial charge is 0.326 e. The minimum atomic E-state index is -2.04. The number of allylic oxidation sites excluding steroid dienone is 2. The molecule has 0 aliphatic carbocycles. The van der Waals surface area contributed by atoms with Crippen molar-refractivity contribution in [3.05, 3.63) is 92.2 Å². The number of hydrogen-bond donors (Lipinski definition) is 6. The lowest BCUT2D eigenvalue weighted by atomic mass is 9.78. The predicted octanol–water partition coefficient (Wildman–Crippen LogP) is 5.93. The van der Waals surface area contributed by atoms with Crippen molar-refractivity contribution in [1.82, 2.24) is 19.4 Å². The van der Waals surface area contributed by atoms with Crippen molar-refractivity contribution in [2.75, 3.05) is 45.2 Å². The number of rotatable bonds is 7. The van der Waals surface area contributed by atoms with Crippen LogP contribution in [0.2, 0.25) is 0 Å². The second-order valence-corrected chi connectivity index (χ2v) is 23.4. The maximum Gasteiger partial charge on any atom is 0.326 e. The molecule has 6 aliphatic rings. The van der Waals surface area contributed by atoms with E-state index in [2.05, 4.69) is 29.0 Å². The van der Waals surface area contributed by atoms with Crippen molar-refractivity contribution < 1.29 is 58.6 Å². The molecule has 20 nitrogen and oxygen atoms in total. The predicted molar refractivity (Wildman–Crippen MR) is 299 cm³/mol. The van der Waals surface area contributed by atoms with Crippen LogP contribution in [0.3, 0.4) is 0 Å². The topological polar surface area (TPSA) is 267 Å². The van der Waals surface area contributed by atoms with E-state index in [1.54, 1.807) is 62.3 Å². The van der Waals surface area contributed by atoms with Gasteiger partial charge < -0.3 is 59.5 Å². The largest absolute Gasteiger partial charge is 0.507 e. The average molecular weight is 1100 g/mol. The van der Waals surface area contributed by atoms with Gasteiger partial charge in [0, 0.05) is 106 Å². The molecule has 2 fully saturated rings. The number of ketones is 1. The number of likely N-dealkylation sites (tertiary alicyclic amines) is 2. The Hall–Kier alpha value is -6.87. The lowest BCUT2D eigenvalue weighted by Gasteiger charge is -2.38. The van der Waals surface area contributed by atoms with Gasteiger partial charge in [0.15, 0.2) is 11.4 Å². The SMILES string of the molecule is CO[C@H]1/C=C/OC2(C)Oc3c(C)c(O)c4c(O)c(c5c(c4c3C2=O)=NC2(CCN(CC(C)C)CC2)N=5)NC(=O)/C(C)=C\C=C\C(C)[C@H](O)[C@@H](C)[C@@H](O)[C@@H](C)C(OC(=O)CC(=O)N2CCC(n3c(=O)[nH]c4cc(C)ccc43)CC2)[C@@H]1C. The fraction of sp³-hybridized carbons (Fsp3) is 0.550. The Morgan fingerprint density at radius 1 is 0.887 bits per heavy atom. The van der Waals surface area contributed by atoms with Gasteiger partial charge in [0.1, 0.15) is 35.1 Å². The molecule has 2 amide bonds. The van der Waals surface area contributed by atoms with E-state index in [-0.39, 0.29) is 61.4 Å². The van der Waals surface area contributed by atoms with E-state index in [1.165, 1.54) is 33.3 Å². The second kappa shape index (κ2) is 22.6. The molecule has 10 rings (SSSR count). The third-order valence-electron chi connectivity index (χ3n) is 17.2. The summed E-state index contributed by atoms with van der Waals surface area (Å²) in [5, 5.41) is 51.2. The molecular weight excluding hydrogens is 1030 g/mol. The summed E-state index contributed by atoms with van der Waals surface area (Å²) in [5.41, 5.74) is 1.57. The summed E-state index contributed by atoms with van der Waals surface area (Å²) in [5.74, 6) is -8.09. The van der Waals surface area contributed by atoms with Crippen LogP contribution in [-0.2, 0) is 28.6 Å². The molecule has 6 N–H and O–H groups in total. The highest BCUT2D eigenvalue weighted by Gasteiger charge is 2.50. The van der Waals surface area contributed by atoms with Gasteiger partial charge in [-0.05, 0) is 63.3 Å². The van der Waals surface area contributed by atoms with Crippen LogP contribution in [-0.4, -0.2) is 139 Å². The quantitative estimate of drug-likeness (QED) is 0.0712. The highest BCUT2D eigenvalue weighted by molar-refractivity contribution is 6.19. The van der Waals surface area contributed by atoms with Gasteiger partial charge in [-0.1, -0.05) is 65.8 Å². The number of nitrogens with zero attached hydrogens (tertiary/aromatic N) is 5. The monoisotopic (exact) mass is 1100 g/mol. The number of aliphatic hydroxyl groups is 2. The normalized spacial score (nSPS) is 29.2. The van der Waals surface area contributed by atoms with Gasteiger partial charge in [-0.3, -0.25) is 33.7 Å². The number of nitrogens with one attached hydrogen (secondary N) is 2. The number of carbonyl (C=O) groups is 4. The third kappa shape index (κ3) is 10.8. The Bertz CT molecular complexity index is 3400. The van der Waals surface area contributed by atoms with Crippen LogP contribution in [0.15, 0.2) is 69.1 Å². The lowest BCUT2D eigenvalue weighted by Crippen LogP contribution is -2.47. The third-order valence-corrected chi connectivity index (χ3v) is 17.2. The number of aromatic amines is 1. The molecule has 0 radical (unpaired) electrons. The molecular formula is C60H77N7O13. The minimum Gasteiger partial charge on any atom is -0.507 e. The fourth-order valence-corrected chi connectivity index (χ4v) is 12.4. The van der Waals surface area contributed by atoms with Crippen LogP contribution in [0.4, 0.5) is 5.69 Å². The summed E-state index contributed by atoms with van der Waals surface area (Å²) >= 11 is 0. The first-order valence-electron chi connectivity index (χ1n) is 28.0. The van der Waals surface area contributed by atoms with Crippen LogP contribution in [0.25, 0.3) is 21.8 Å². The molecule has 3 unspecified atom stereocenters. The summed E-state index contributed by atoms with van der Waals surface area (Å²) in [7, 11) is 1.43. The molecule has 2 saturated heterocycles. The number of aliphatic hydroxyl groups excluding tert-OH is 2. The van der Waals surface area contributed by atoms with Crippen molar-refractivity contribution in [1.29, 1.82) is 0 Å². The molecule has 4 aromatic rings. The number of aromatic nitrogens is 2. The first kappa shape index (κ1) is 57.8. The molecule has 9 atom stereocenters. The first-order chi connectivity index (χ1) is 37.9. The maximum atomic E-state index is 15.0. The highest BCUT2D eigenvalue weighted by Crippen LogP contribution is 2.50. The Kier molecular flexibility index (Phi) is 16.3. The molecule has 20 heteroatoms. The molecule has 1 aromatic heterocycles. The summed E-state index contributed by atoms with van der Waals surface area (Å²) in [6, 6.07) is 5.62. The minimum absolute atomic E-state index is 0.00371. The van der Waals surface area contributed by atoms with E-state index in [9.17, 15) is 39.6 Å². The molecule has 1 spiro atoms. The Labute approximate surface area is 464 Å². The van der Waals surface area contributed by atoms with Crippen molar-refractivity contribution in [3.63, 3.8) is 0 Å². The zero-order chi connectivity index (χ0) is 57.9. The van der Waals surface area contributed by atoms with Gasteiger partial charge in [0.05, 0.1) is 51.9 Å². The van der Waals surface area contributed by atoms with Gasteiger partial charge in [0.25, 0.3) is 11.7 Å².